The molecule has 0 fully saturated rings. The van der Waals surface area contributed by atoms with Gasteiger partial charge in [-0.25, -0.2) is 0 Å². The van der Waals surface area contributed by atoms with Gasteiger partial charge in [-0.05, 0) is 49.4 Å². The first kappa shape index (κ1) is 19.8. The van der Waals surface area contributed by atoms with Crippen LogP contribution in [-0.2, 0) is 16.3 Å². The van der Waals surface area contributed by atoms with Gasteiger partial charge in [0.15, 0.2) is 11.5 Å². The number of ether oxygens (including phenoxy) is 1. The zero-order chi connectivity index (χ0) is 20.4. The third-order valence-corrected chi connectivity index (χ3v) is 5.00. The summed E-state index contributed by atoms with van der Waals surface area (Å²) in [5.41, 5.74) is -0.139. The molecule has 0 bridgehead atoms. The van der Waals surface area contributed by atoms with Gasteiger partial charge in [-0.15, -0.1) is 0 Å². The van der Waals surface area contributed by atoms with Crippen molar-refractivity contribution in [2.45, 2.75) is 18.0 Å². The molecule has 146 valence electrons. The summed E-state index contributed by atoms with van der Waals surface area (Å²) < 4.78 is 74.7. The van der Waals surface area contributed by atoms with E-state index in [1.165, 1.54) is 24.3 Å². The van der Waals surface area contributed by atoms with Crippen LogP contribution in [0, 0.1) is 6.92 Å². The van der Waals surface area contributed by atoms with Crippen LogP contribution in [0.3, 0.4) is 0 Å². The van der Waals surface area contributed by atoms with E-state index in [2.05, 4.69) is 0 Å². The minimum Gasteiger partial charge on any atom is -0.453 e. The normalized spacial score (nSPS) is 11.9. The number of aryl methyl sites for hydroxylation is 1. The fraction of sp³-hybridized carbons (Fsp3) is 0.100. The maximum absolute atomic E-state index is 13.1. The molecule has 0 heterocycles. The first-order chi connectivity index (χ1) is 13.1. The topological polar surface area (TPSA) is 52.6 Å². The summed E-state index contributed by atoms with van der Waals surface area (Å²) in [6, 6.07) is 16.3. The molecule has 0 amide bonds. The van der Waals surface area contributed by atoms with Crippen LogP contribution in [0.25, 0.3) is 0 Å². The van der Waals surface area contributed by atoms with E-state index in [1.807, 2.05) is 0 Å². The van der Waals surface area contributed by atoms with Gasteiger partial charge < -0.3 is 8.92 Å². The lowest BCUT2D eigenvalue weighted by atomic mass is 10.2. The van der Waals surface area contributed by atoms with Crippen LogP contribution in [0.15, 0.2) is 77.7 Å². The monoisotopic (exact) mass is 408 g/mol. The number of benzene rings is 3. The first-order valence-corrected chi connectivity index (χ1v) is 9.51. The van der Waals surface area contributed by atoms with Gasteiger partial charge in [0.05, 0.1) is 5.56 Å². The quantitative estimate of drug-likeness (QED) is 0.518. The van der Waals surface area contributed by atoms with Crippen LogP contribution in [0.4, 0.5) is 13.2 Å². The molecule has 0 aliphatic heterocycles. The zero-order valence-corrected chi connectivity index (χ0v) is 15.4. The van der Waals surface area contributed by atoms with E-state index < -0.39 is 21.9 Å². The summed E-state index contributed by atoms with van der Waals surface area (Å²) in [5, 5.41) is 0. The Balaban J connectivity index is 2.00. The second-order valence-electron chi connectivity index (χ2n) is 5.92. The number of hydrogen-bond donors (Lipinski definition) is 0. The molecule has 0 unspecified atom stereocenters. The first-order valence-electron chi connectivity index (χ1n) is 8.10. The largest absolute Gasteiger partial charge is 0.453 e. The molecule has 0 radical (unpaired) electrons. The molecule has 8 heteroatoms. The molecule has 0 aliphatic rings. The standard InChI is InChI=1S/C20H15F3O4S/c1-14-7-10-17(11-8-14)28(24,25)27-18-12-9-15(20(21,22)23)13-19(18)26-16-5-3-2-4-6-16/h2-13H,1H3. The Bertz CT molecular complexity index is 1060. The predicted molar refractivity (Wildman–Crippen MR) is 97.0 cm³/mol. The lowest BCUT2D eigenvalue weighted by Gasteiger charge is -2.15. The highest BCUT2D eigenvalue weighted by Gasteiger charge is 2.32. The van der Waals surface area contributed by atoms with Crippen LogP contribution in [0.1, 0.15) is 11.1 Å². The van der Waals surface area contributed by atoms with Gasteiger partial charge in [-0.3, -0.25) is 0 Å². The molecule has 3 aromatic rings. The summed E-state index contributed by atoms with van der Waals surface area (Å²) in [4.78, 5) is -0.122. The smallest absolute Gasteiger partial charge is 0.416 e. The molecule has 0 spiro atoms. The maximum atomic E-state index is 13.1. The number of rotatable bonds is 5. The van der Waals surface area contributed by atoms with Gasteiger partial charge in [-0.1, -0.05) is 35.9 Å². The third-order valence-electron chi connectivity index (χ3n) is 3.75. The van der Waals surface area contributed by atoms with Crippen molar-refractivity contribution in [2.75, 3.05) is 0 Å². The van der Waals surface area contributed by atoms with E-state index in [-0.39, 0.29) is 22.1 Å². The summed E-state index contributed by atoms with van der Waals surface area (Å²) in [7, 11) is -4.25. The van der Waals surface area contributed by atoms with Gasteiger partial charge in [0.25, 0.3) is 0 Å². The van der Waals surface area contributed by atoms with E-state index in [0.29, 0.717) is 6.07 Å². The Hall–Kier alpha value is -3.00. The van der Waals surface area contributed by atoms with E-state index in [1.54, 1.807) is 37.3 Å². The maximum Gasteiger partial charge on any atom is 0.416 e. The minimum absolute atomic E-state index is 0.122. The molecular formula is C20H15F3O4S. The Morgan fingerprint density at radius 2 is 1.46 bits per heavy atom. The van der Waals surface area contributed by atoms with Gasteiger partial charge in [0.1, 0.15) is 10.6 Å². The van der Waals surface area contributed by atoms with Crippen molar-refractivity contribution in [1.29, 1.82) is 0 Å². The van der Waals surface area contributed by atoms with Crippen molar-refractivity contribution in [3.05, 3.63) is 83.9 Å². The van der Waals surface area contributed by atoms with Crippen molar-refractivity contribution in [1.82, 2.24) is 0 Å². The summed E-state index contributed by atoms with van der Waals surface area (Å²) in [6.45, 7) is 1.79. The SMILES string of the molecule is Cc1ccc(S(=O)(=O)Oc2ccc(C(F)(F)F)cc2Oc2ccccc2)cc1. The van der Waals surface area contributed by atoms with Crippen molar-refractivity contribution in [2.24, 2.45) is 0 Å². The molecule has 0 N–H and O–H groups in total. The summed E-state index contributed by atoms with van der Waals surface area (Å²) in [6.07, 6.45) is -4.62. The highest BCUT2D eigenvalue weighted by Crippen LogP contribution is 2.39. The third kappa shape index (κ3) is 4.64. The number of alkyl halides is 3. The van der Waals surface area contributed by atoms with E-state index in [0.717, 1.165) is 17.7 Å². The highest BCUT2D eigenvalue weighted by molar-refractivity contribution is 7.87. The Morgan fingerprint density at radius 3 is 2.07 bits per heavy atom. The lowest BCUT2D eigenvalue weighted by molar-refractivity contribution is -0.137. The Kier molecular flexibility index (Phi) is 5.33. The lowest BCUT2D eigenvalue weighted by Crippen LogP contribution is -2.11. The van der Waals surface area contributed by atoms with Crippen molar-refractivity contribution in [3.63, 3.8) is 0 Å². The van der Waals surface area contributed by atoms with Gasteiger partial charge in [0.2, 0.25) is 0 Å². The zero-order valence-electron chi connectivity index (χ0n) is 14.6. The molecule has 0 atom stereocenters. The van der Waals surface area contributed by atoms with Gasteiger partial charge >= 0.3 is 16.3 Å². The minimum atomic E-state index is -4.62. The van der Waals surface area contributed by atoms with Crippen LogP contribution >= 0.6 is 0 Å². The Morgan fingerprint density at radius 1 is 0.821 bits per heavy atom. The fourth-order valence-electron chi connectivity index (χ4n) is 2.32. The number of halogens is 3. The summed E-state index contributed by atoms with van der Waals surface area (Å²) >= 11 is 0. The molecule has 4 nitrogen and oxygen atoms in total. The predicted octanol–water partition coefficient (Wildman–Crippen LogP) is 5.57. The van der Waals surface area contributed by atoms with Crippen LogP contribution < -0.4 is 8.92 Å². The number of hydrogen-bond acceptors (Lipinski definition) is 4. The highest BCUT2D eigenvalue weighted by atomic mass is 32.2. The second kappa shape index (κ2) is 7.55. The fourth-order valence-corrected chi connectivity index (χ4v) is 3.26. The van der Waals surface area contributed by atoms with Crippen molar-refractivity contribution >= 4 is 10.1 Å². The number of para-hydroxylation sites is 1. The van der Waals surface area contributed by atoms with E-state index in [9.17, 15) is 21.6 Å². The molecule has 0 saturated carbocycles. The van der Waals surface area contributed by atoms with Crippen LogP contribution in [-0.4, -0.2) is 8.42 Å². The second-order valence-corrected chi connectivity index (χ2v) is 7.47. The molecule has 3 rings (SSSR count). The van der Waals surface area contributed by atoms with Crippen LogP contribution in [0.5, 0.6) is 17.2 Å². The molecule has 28 heavy (non-hydrogen) atoms. The van der Waals surface area contributed by atoms with E-state index in [4.69, 9.17) is 8.92 Å². The summed E-state index contributed by atoms with van der Waals surface area (Å²) in [5.74, 6) is -0.478. The molecule has 0 aliphatic carbocycles. The van der Waals surface area contributed by atoms with Gasteiger partial charge in [0, 0.05) is 0 Å². The van der Waals surface area contributed by atoms with Crippen molar-refractivity contribution < 1.29 is 30.5 Å². The van der Waals surface area contributed by atoms with Gasteiger partial charge in [-0.2, -0.15) is 21.6 Å². The van der Waals surface area contributed by atoms with Crippen LogP contribution in [0.2, 0.25) is 0 Å². The Labute approximate surface area is 160 Å². The van der Waals surface area contributed by atoms with E-state index >= 15 is 0 Å². The average molecular weight is 408 g/mol. The molecule has 0 aromatic heterocycles. The van der Waals surface area contributed by atoms with Crippen molar-refractivity contribution in [3.8, 4) is 17.2 Å². The average Bonchev–Trinajstić information content (AvgIpc) is 2.63. The molecule has 3 aromatic carbocycles. The molecule has 0 saturated heterocycles. The molecular weight excluding hydrogens is 393 g/mol.